The zero-order valence-electron chi connectivity index (χ0n) is 11.9. The number of Topliss-reactive ketones (excluding diaryl/α,β-unsaturated/α-hetero) is 2. The second-order valence-corrected chi connectivity index (χ2v) is 5.17. The highest BCUT2D eigenvalue weighted by atomic mass is 35.5. The third kappa shape index (κ3) is 3.70. The smallest absolute Gasteiger partial charge is 0.174 e. The van der Waals surface area contributed by atoms with Gasteiger partial charge in [0.25, 0.3) is 0 Å². The lowest BCUT2D eigenvalue weighted by Gasteiger charge is -2.08. The van der Waals surface area contributed by atoms with E-state index in [9.17, 15) is 9.59 Å². The van der Waals surface area contributed by atoms with Crippen LogP contribution in [-0.4, -0.2) is 18.7 Å². The summed E-state index contributed by atoms with van der Waals surface area (Å²) in [7, 11) is 1.47. The monoisotopic (exact) mass is 302 g/mol. The molecule has 3 nitrogen and oxygen atoms in total. The Bertz CT molecular complexity index is 675. The molecule has 0 aliphatic heterocycles. The van der Waals surface area contributed by atoms with E-state index >= 15 is 0 Å². The summed E-state index contributed by atoms with van der Waals surface area (Å²) in [4.78, 5) is 24.4. The van der Waals surface area contributed by atoms with Crippen LogP contribution in [0.2, 0.25) is 5.02 Å². The minimum Gasteiger partial charge on any atom is -0.496 e. The predicted octanol–water partition coefficient (Wildman–Crippen LogP) is 4.11. The molecule has 0 saturated carbocycles. The van der Waals surface area contributed by atoms with Gasteiger partial charge in [-0.25, -0.2) is 0 Å². The molecule has 0 N–H and O–H groups in total. The molecule has 2 aromatic rings. The molecule has 0 aliphatic rings. The van der Waals surface area contributed by atoms with E-state index in [1.165, 1.54) is 13.2 Å². The molecule has 0 atom stereocenters. The molecular weight excluding hydrogens is 288 g/mol. The average Bonchev–Trinajstić information content (AvgIpc) is 2.47. The summed E-state index contributed by atoms with van der Waals surface area (Å²) >= 11 is 5.90. The fraction of sp³-hybridized carbons (Fsp3) is 0.176. The molecule has 108 valence electrons. The number of carbonyl (C=O) groups is 2. The molecule has 0 saturated heterocycles. The Labute approximate surface area is 128 Å². The molecule has 0 fully saturated rings. The molecule has 0 heterocycles. The fourth-order valence-electron chi connectivity index (χ4n) is 1.98. The van der Waals surface area contributed by atoms with Crippen molar-refractivity contribution in [3.8, 4) is 5.75 Å². The van der Waals surface area contributed by atoms with Crippen LogP contribution in [0.4, 0.5) is 0 Å². The average molecular weight is 303 g/mol. The van der Waals surface area contributed by atoms with Crippen molar-refractivity contribution in [1.82, 2.24) is 0 Å². The fourth-order valence-corrected chi connectivity index (χ4v) is 2.15. The zero-order chi connectivity index (χ0) is 15.4. The Morgan fingerprint density at radius 2 is 1.71 bits per heavy atom. The van der Waals surface area contributed by atoms with E-state index < -0.39 is 0 Å². The molecule has 0 unspecified atom stereocenters. The van der Waals surface area contributed by atoms with Gasteiger partial charge >= 0.3 is 0 Å². The van der Waals surface area contributed by atoms with Crippen LogP contribution in [0.1, 0.15) is 32.7 Å². The lowest BCUT2D eigenvalue weighted by Crippen LogP contribution is -2.10. The van der Waals surface area contributed by atoms with Gasteiger partial charge in [0.15, 0.2) is 11.6 Å². The molecule has 0 bridgehead atoms. The van der Waals surface area contributed by atoms with Crippen molar-refractivity contribution in [1.29, 1.82) is 0 Å². The van der Waals surface area contributed by atoms with Crippen LogP contribution in [0.5, 0.6) is 5.75 Å². The third-order valence-corrected chi connectivity index (χ3v) is 3.39. The van der Waals surface area contributed by atoms with Crippen LogP contribution in [-0.2, 0) is 0 Å². The van der Waals surface area contributed by atoms with Crippen LogP contribution in [0.3, 0.4) is 0 Å². The van der Waals surface area contributed by atoms with Crippen molar-refractivity contribution in [2.75, 3.05) is 7.11 Å². The molecular formula is C17H15ClO3. The van der Waals surface area contributed by atoms with Gasteiger partial charge in [-0.05, 0) is 25.1 Å². The van der Waals surface area contributed by atoms with Crippen molar-refractivity contribution in [3.05, 3.63) is 64.2 Å². The second kappa shape index (κ2) is 6.55. The molecule has 0 aliphatic carbocycles. The maximum atomic E-state index is 12.3. The van der Waals surface area contributed by atoms with Crippen LogP contribution < -0.4 is 4.74 Å². The van der Waals surface area contributed by atoms with Crippen molar-refractivity contribution in [3.63, 3.8) is 0 Å². The van der Waals surface area contributed by atoms with Crippen LogP contribution in [0, 0.1) is 6.92 Å². The van der Waals surface area contributed by atoms with Gasteiger partial charge in [-0.1, -0.05) is 41.4 Å². The Kier molecular flexibility index (Phi) is 4.76. The minimum absolute atomic E-state index is 0.209. The lowest BCUT2D eigenvalue weighted by molar-refractivity contribution is 0.0893. The standard InChI is InChI=1S/C17H15ClO3/c1-11-3-5-12(6-4-11)15(19)10-16(20)14-9-13(18)7-8-17(14)21-2/h3-9H,10H2,1-2H3. The number of ether oxygens (including phenoxy) is 1. The summed E-state index contributed by atoms with van der Waals surface area (Å²) in [5.74, 6) is -0.108. The number of benzene rings is 2. The first-order chi connectivity index (χ1) is 10.0. The minimum atomic E-state index is -0.306. The van der Waals surface area contributed by atoms with Gasteiger partial charge in [0.1, 0.15) is 5.75 Å². The van der Waals surface area contributed by atoms with Crippen LogP contribution >= 0.6 is 11.6 Å². The summed E-state index contributed by atoms with van der Waals surface area (Å²) in [6.07, 6.45) is -0.209. The predicted molar refractivity (Wildman–Crippen MR) is 82.5 cm³/mol. The van der Waals surface area contributed by atoms with Gasteiger partial charge in [0, 0.05) is 10.6 Å². The summed E-state index contributed by atoms with van der Waals surface area (Å²) in [5.41, 5.74) is 1.91. The second-order valence-electron chi connectivity index (χ2n) is 4.73. The van der Waals surface area contributed by atoms with E-state index in [1.54, 1.807) is 24.3 Å². The van der Waals surface area contributed by atoms with Crippen molar-refractivity contribution in [2.45, 2.75) is 13.3 Å². The van der Waals surface area contributed by atoms with Gasteiger partial charge in [0.2, 0.25) is 0 Å². The molecule has 2 rings (SSSR count). The maximum absolute atomic E-state index is 12.3. The number of rotatable bonds is 5. The van der Waals surface area contributed by atoms with E-state index in [0.717, 1.165) is 5.56 Å². The first kappa shape index (κ1) is 15.3. The highest BCUT2D eigenvalue weighted by Crippen LogP contribution is 2.24. The number of ketones is 2. The number of hydrogen-bond donors (Lipinski definition) is 0. The van der Waals surface area contributed by atoms with E-state index in [4.69, 9.17) is 16.3 Å². The summed E-state index contributed by atoms with van der Waals surface area (Å²) in [5, 5.41) is 0.432. The number of halogens is 1. The quantitative estimate of drug-likeness (QED) is 0.616. The largest absolute Gasteiger partial charge is 0.496 e. The van der Waals surface area contributed by atoms with Crippen LogP contribution in [0.25, 0.3) is 0 Å². The summed E-state index contributed by atoms with van der Waals surface area (Å²) < 4.78 is 5.13. The normalized spacial score (nSPS) is 10.2. The molecule has 0 amide bonds. The van der Waals surface area contributed by atoms with E-state index in [0.29, 0.717) is 21.9 Å². The van der Waals surface area contributed by atoms with Crippen LogP contribution in [0.15, 0.2) is 42.5 Å². The SMILES string of the molecule is COc1ccc(Cl)cc1C(=O)CC(=O)c1ccc(C)cc1. The number of carbonyl (C=O) groups excluding carboxylic acids is 2. The number of hydrogen-bond acceptors (Lipinski definition) is 3. The van der Waals surface area contributed by atoms with Crippen molar-refractivity contribution >= 4 is 23.2 Å². The lowest BCUT2D eigenvalue weighted by atomic mass is 10.0. The zero-order valence-corrected chi connectivity index (χ0v) is 12.6. The molecule has 4 heteroatoms. The van der Waals surface area contributed by atoms with E-state index in [1.807, 2.05) is 19.1 Å². The van der Waals surface area contributed by atoms with E-state index in [-0.39, 0.29) is 18.0 Å². The van der Waals surface area contributed by atoms with Gasteiger partial charge < -0.3 is 4.74 Å². The first-order valence-electron chi connectivity index (χ1n) is 6.48. The molecule has 21 heavy (non-hydrogen) atoms. The Hall–Kier alpha value is -2.13. The van der Waals surface area contributed by atoms with Crippen molar-refractivity contribution in [2.24, 2.45) is 0 Å². The van der Waals surface area contributed by atoms with Gasteiger partial charge in [-0.2, -0.15) is 0 Å². The van der Waals surface area contributed by atoms with Gasteiger partial charge in [-0.3, -0.25) is 9.59 Å². The van der Waals surface area contributed by atoms with Gasteiger partial charge in [0.05, 0.1) is 19.1 Å². The summed E-state index contributed by atoms with van der Waals surface area (Å²) in [6.45, 7) is 1.94. The van der Waals surface area contributed by atoms with E-state index in [2.05, 4.69) is 0 Å². The molecule has 0 spiro atoms. The molecule has 0 aromatic heterocycles. The highest BCUT2D eigenvalue weighted by molar-refractivity contribution is 6.31. The van der Waals surface area contributed by atoms with Gasteiger partial charge in [-0.15, -0.1) is 0 Å². The maximum Gasteiger partial charge on any atom is 0.174 e. The molecule has 0 radical (unpaired) electrons. The highest BCUT2D eigenvalue weighted by Gasteiger charge is 2.17. The number of methoxy groups -OCH3 is 1. The molecule has 2 aromatic carbocycles. The number of aryl methyl sites for hydroxylation is 1. The Morgan fingerprint density at radius 3 is 2.33 bits per heavy atom. The Morgan fingerprint density at radius 1 is 1.05 bits per heavy atom. The third-order valence-electron chi connectivity index (χ3n) is 3.16. The summed E-state index contributed by atoms with van der Waals surface area (Å²) in [6, 6.07) is 11.9. The Balaban J connectivity index is 2.20. The first-order valence-corrected chi connectivity index (χ1v) is 6.85. The topological polar surface area (TPSA) is 43.4 Å². The van der Waals surface area contributed by atoms with Crippen molar-refractivity contribution < 1.29 is 14.3 Å².